The van der Waals surface area contributed by atoms with Crippen molar-refractivity contribution in [2.24, 2.45) is 16.8 Å². The smallest absolute Gasteiger partial charge is 0.251 e. The number of halogens is 1. The zero-order valence-electron chi connectivity index (χ0n) is 17.7. The Morgan fingerprint density at radius 1 is 1.19 bits per heavy atom. The van der Waals surface area contributed by atoms with E-state index in [9.17, 15) is 9.18 Å². The molecule has 6 nitrogen and oxygen atoms in total. The lowest BCUT2D eigenvalue weighted by Gasteiger charge is -2.19. The number of rotatable bonds is 7. The molecule has 1 amide bonds. The standard InChI is InChI=1S/C24H28FN5O/c1-14-20(6-7-21(25)29-14)18-10-15(13-28-24-26-8-9-27-24)11-19(12-18)23(31)30-22(16-2-3-16)17-4-5-17/h6-7,10-12,16-17,22H,2-5,8-9,13H2,1H3,(H,30,31)(H2,26,27,28). The number of aliphatic imine (C=N–C) groups is 1. The number of hydrogen-bond donors (Lipinski definition) is 3. The third-order valence-corrected chi connectivity index (χ3v) is 6.31. The van der Waals surface area contributed by atoms with Gasteiger partial charge in [0.2, 0.25) is 5.95 Å². The number of aryl methyl sites for hydroxylation is 1. The number of aromatic nitrogens is 1. The number of amides is 1. The maximum absolute atomic E-state index is 13.5. The van der Waals surface area contributed by atoms with E-state index in [0.717, 1.165) is 35.7 Å². The molecule has 1 aromatic heterocycles. The molecular weight excluding hydrogens is 393 g/mol. The highest BCUT2D eigenvalue weighted by Crippen LogP contribution is 2.44. The minimum absolute atomic E-state index is 0.0315. The molecule has 7 heteroatoms. The van der Waals surface area contributed by atoms with Crippen LogP contribution in [0.15, 0.2) is 35.3 Å². The Morgan fingerprint density at radius 3 is 2.61 bits per heavy atom. The number of nitrogens with one attached hydrogen (secondary N) is 3. The zero-order valence-corrected chi connectivity index (χ0v) is 17.7. The minimum Gasteiger partial charge on any atom is -0.355 e. The third kappa shape index (κ3) is 4.70. The lowest BCUT2D eigenvalue weighted by Crippen LogP contribution is -2.38. The first kappa shape index (κ1) is 20.0. The van der Waals surface area contributed by atoms with Gasteiger partial charge in [-0.25, -0.2) is 4.98 Å². The molecule has 0 bridgehead atoms. The van der Waals surface area contributed by atoms with Crippen molar-refractivity contribution in [3.8, 4) is 11.1 Å². The number of benzene rings is 1. The summed E-state index contributed by atoms with van der Waals surface area (Å²) in [6.07, 6.45) is 4.86. The highest BCUT2D eigenvalue weighted by Gasteiger charge is 2.42. The number of carbonyl (C=O) groups is 1. The normalized spacial score (nSPS) is 18.0. The Labute approximate surface area is 181 Å². The molecule has 1 aromatic carbocycles. The molecule has 0 unspecified atom stereocenters. The molecule has 0 saturated heterocycles. The van der Waals surface area contributed by atoms with E-state index < -0.39 is 5.95 Å². The van der Waals surface area contributed by atoms with Crippen LogP contribution in [-0.4, -0.2) is 36.0 Å². The van der Waals surface area contributed by atoms with E-state index >= 15 is 0 Å². The van der Waals surface area contributed by atoms with Crippen molar-refractivity contribution in [2.45, 2.75) is 45.2 Å². The van der Waals surface area contributed by atoms with Crippen LogP contribution >= 0.6 is 0 Å². The first-order valence-electron chi connectivity index (χ1n) is 11.2. The minimum atomic E-state index is -0.501. The number of pyridine rings is 1. The summed E-state index contributed by atoms with van der Waals surface area (Å²) in [6.45, 7) is 3.93. The molecule has 2 aliphatic carbocycles. The van der Waals surface area contributed by atoms with Crippen molar-refractivity contribution in [1.29, 1.82) is 0 Å². The Morgan fingerprint density at radius 2 is 1.97 bits per heavy atom. The molecule has 0 radical (unpaired) electrons. The van der Waals surface area contributed by atoms with Gasteiger partial charge < -0.3 is 16.0 Å². The largest absolute Gasteiger partial charge is 0.355 e. The van der Waals surface area contributed by atoms with Crippen LogP contribution in [0.25, 0.3) is 11.1 Å². The summed E-state index contributed by atoms with van der Waals surface area (Å²) in [5.41, 5.74) is 3.90. The van der Waals surface area contributed by atoms with Crippen LogP contribution in [0.2, 0.25) is 0 Å². The number of nitrogens with zero attached hydrogens (tertiary/aromatic N) is 2. The van der Waals surface area contributed by atoms with Gasteiger partial charge in [-0.05, 0) is 85.9 Å². The van der Waals surface area contributed by atoms with Crippen molar-refractivity contribution in [3.63, 3.8) is 0 Å². The van der Waals surface area contributed by atoms with Gasteiger partial charge in [0.25, 0.3) is 5.91 Å². The summed E-state index contributed by atoms with van der Waals surface area (Å²) >= 11 is 0. The van der Waals surface area contributed by atoms with Crippen molar-refractivity contribution in [2.75, 3.05) is 13.1 Å². The Hall–Kier alpha value is -2.96. The highest BCUT2D eigenvalue weighted by atomic mass is 19.1. The molecule has 3 aliphatic rings. The van der Waals surface area contributed by atoms with Gasteiger partial charge in [-0.15, -0.1) is 0 Å². The molecule has 3 N–H and O–H groups in total. The van der Waals surface area contributed by atoms with Gasteiger partial charge >= 0.3 is 0 Å². The van der Waals surface area contributed by atoms with Crippen molar-refractivity contribution in [1.82, 2.24) is 20.9 Å². The second kappa shape index (κ2) is 8.29. The van der Waals surface area contributed by atoms with Crippen LogP contribution in [-0.2, 0) is 6.54 Å². The first-order chi connectivity index (χ1) is 15.1. The monoisotopic (exact) mass is 421 g/mol. The van der Waals surface area contributed by atoms with E-state index in [0.29, 0.717) is 35.7 Å². The lowest BCUT2D eigenvalue weighted by atomic mass is 9.98. The quantitative estimate of drug-likeness (QED) is 0.600. The summed E-state index contributed by atoms with van der Waals surface area (Å²) in [6, 6.07) is 9.24. The average molecular weight is 422 g/mol. The van der Waals surface area contributed by atoms with Gasteiger partial charge in [0.1, 0.15) is 0 Å². The van der Waals surface area contributed by atoms with Crippen LogP contribution in [0.5, 0.6) is 0 Å². The van der Waals surface area contributed by atoms with Crippen LogP contribution in [0, 0.1) is 24.7 Å². The maximum atomic E-state index is 13.5. The van der Waals surface area contributed by atoms with E-state index in [1.54, 1.807) is 13.0 Å². The van der Waals surface area contributed by atoms with E-state index in [-0.39, 0.29) is 5.91 Å². The van der Waals surface area contributed by atoms with E-state index in [2.05, 4.69) is 25.9 Å². The van der Waals surface area contributed by atoms with Gasteiger partial charge in [-0.2, -0.15) is 4.39 Å². The van der Waals surface area contributed by atoms with E-state index in [4.69, 9.17) is 0 Å². The molecule has 162 valence electrons. The summed E-state index contributed by atoms with van der Waals surface area (Å²) in [7, 11) is 0. The second-order valence-electron chi connectivity index (χ2n) is 8.87. The van der Waals surface area contributed by atoms with Crippen LogP contribution < -0.4 is 16.0 Å². The van der Waals surface area contributed by atoms with Crippen molar-refractivity contribution >= 4 is 11.9 Å². The summed E-state index contributed by atoms with van der Waals surface area (Å²) in [4.78, 5) is 21.5. The molecule has 1 aliphatic heterocycles. The van der Waals surface area contributed by atoms with Gasteiger partial charge in [-0.1, -0.05) is 0 Å². The second-order valence-corrected chi connectivity index (χ2v) is 8.87. The van der Waals surface area contributed by atoms with Crippen molar-refractivity contribution in [3.05, 3.63) is 53.1 Å². The van der Waals surface area contributed by atoms with Crippen LogP contribution in [0.4, 0.5) is 4.39 Å². The molecule has 2 saturated carbocycles. The Kier molecular flexibility index (Phi) is 5.34. The topological polar surface area (TPSA) is 78.4 Å². The summed E-state index contributed by atoms with van der Waals surface area (Å²) in [5, 5.41) is 9.81. The van der Waals surface area contributed by atoms with Crippen LogP contribution in [0.3, 0.4) is 0 Å². The predicted molar refractivity (Wildman–Crippen MR) is 118 cm³/mol. The summed E-state index contributed by atoms with van der Waals surface area (Å²) in [5.74, 6) is 1.51. The molecule has 0 atom stereocenters. The van der Waals surface area contributed by atoms with Gasteiger partial charge in [-0.3, -0.25) is 9.79 Å². The molecule has 0 spiro atoms. The fourth-order valence-electron chi connectivity index (χ4n) is 4.38. The molecule has 5 rings (SSSR count). The molecule has 2 aromatic rings. The first-order valence-corrected chi connectivity index (χ1v) is 11.2. The van der Waals surface area contributed by atoms with E-state index in [1.165, 1.54) is 31.7 Å². The number of carbonyl (C=O) groups excluding carboxylic acids is 1. The Balaban J connectivity index is 1.43. The van der Waals surface area contributed by atoms with E-state index in [1.807, 2.05) is 18.2 Å². The molecule has 31 heavy (non-hydrogen) atoms. The van der Waals surface area contributed by atoms with Crippen LogP contribution in [0.1, 0.15) is 47.3 Å². The highest BCUT2D eigenvalue weighted by molar-refractivity contribution is 5.96. The van der Waals surface area contributed by atoms with Gasteiger partial charge in [0, 0.05) is 36.0 Å². The predicted octanol–water partition coefficient (Wildman–Crippen LogP) is 3.16. The number of hydrogen-bond acceptors (Lipinski definition) is 5. The lowest BCUT2D eigenvalue weighted by molar-refractivity contribution is 0.0926. The van der Waals surface area contributed by atoms with Gasteiger partial charge in [0.05, 0.1) is 6.54 Å². The SMILES string of the molecule is Cc1nc(F)ccc1-c1cc(CNC2=NCCN2)cc(C(=O)NC(C2CC2)C2CC2)c1. The van der Waals surface area contributed by atoms with Crippen molar-refractivity contribution < 1.29 is 9.18 Å². The fourth-order valence-corrected chi connectivity index (χ4v) is 4.38. The van der Waals surface area contributed by atoms with Gasteiger partial charge in [0.15, 0.2) is 5.96 Å². The fraction of sp³-hybridized carbons (Fsp3) is 0.458. The summed E-state index contributed by atoms with van der Waals surface area (Å²) < 4.78 is 13.5. The third-order valence-electron chi connectivity index (χ3n) is 6.31. The Bertz CT molecular complexity index is 1020. The maximum Gasteiger partial charge on any atom is 0.251 e. The zero-order chi connectivity index (χ0) is 21.4. The molecule has 2 fully saturated rings. The molecular formula is C24H28FN5O. The number of guanidine groups is 1. The average Bonchev–Trinajstić information content (AvgIpc) is 3.69. The molecule has 2 heterocycles.